The number of amides is 2. The number of hydrogen-bond donors (Lipinski definition) is 2. The summed E-state index contributed by atoms with van der Waals surface area (Å²) in [6.45, 7) is 7.65. The normalized spacial score (nSPS) is 21.4. The maximum Gasteiger partial charge on any atom is 0.315 e. The number of ether oxygens (including phenoxy) is 1. The molecule has 0 bridgehead atoms. The van der Waals surface area contributed by atoms with Gasteiger partial charge in [0.15, 0.2) is 0 Å². The van der Waals surface area contributed by atoms with Gasteiger partial charge < -0.3 is 15.4 Å². The molecule has 1 aliphatic heterocycles. The Kier molecular flexibility index (Phi) is 6.45. The highest BCUT2D eigenvalue weighted by Gasteiger charge is 2.28. The van der Waals surface area contributed by atoms with Gasteiger partial charge in [-0.2, -0.15) is 5.10 Å². The van der Waals surface area contributed by atoms with Gasteiger partial charge in [-0.3, -0.25) is 4.68 Å². The Bertz CT molecular complexity index is 511. The summed E-state index contributed by atoms with van der Waals surface area (Å²) in [5.74, 6) is 0.584. The molecule has 0 spiro atoms. The van der Waals surface area contributed by atoms with Crippen molar-refractivity contribution >= 4 is 6.03 Å². The topological polar surface area (TPSA) is 68.2 Å². The van der Waals surface area contributed by atoms with Crippen molar-refractivity contribution in [3.05, 3.63) is 17.5 Å². The second-order valence-corrected chi connectivity index (χ2v) is 6.41. The van der Waals surface area contributed by atoms with E-state index in [2.05, 4.69) is 29.6 Å². The van der Waals surface area contributed by atoms with Crippen molar-refractivity contribution in [2.75, 3.05) is 6.61 Å². The second kappa shape index (κ2) is 8.34. The molecule has 6 nitrogen and oxygen atoms in total. The second-order valence-electron chi connectivity index (χ2n) is 6.41. The van der Waals surface area contributed by atoms with Crippen LogP contribution in [0.4, 0.5) is 4.79 Å². The molecule has 1 saturated heterocycles. The van der Waals surface area contributed by atoms with E-state index in [1.54, 1.807) is 6.20 Å². The lowest BCUT2D eigenvalue weighted by atomic mass is 9.89. The molecule has 1 aromatic heterocycles. The molecule has 0 unspecified atom stereocenters. The van der Waals surface area contributed by atoms with Gasteiger partial charge in [-0.25, -0.2) is 4.79 Å². The fraction of sp³-hybridized carbons (Fsp3) is 0.765. The maximum atomic E-state index is 12.1. The number of urea groups is 1. The summed E-state index contributed by atoms with van der Waals surface area (Å²) in [4.78, 5) is 12.1. The molecule has 6 heteroatoms. The third kappa shape index (κ3) is 4.70. The molecule has 1 aromatic rings. The van der Waals surface area contributed by atoms with Gasteiger partial charge in [0.2, 0.25) is 0 Å². The van der Waals surface area contributed by atoms with Crippen LogP contribution in [-0.4, -0.2) is 34.6 Å². The summed E-state index contributed by atoms with van der Waals surface area (Å²) >= 11 is 0. The Balaban J connectivity index is 1.79. The van der Waals surface area contributed by atoms with Crippen molar-refractivity contribution in [2.24, 2.45) is 13.0 Å². The molecule has 0 radical (unpaired) electrons. The highest BCUT2D eigenvalue weighted by molar-refractivity contribution is 5.74. The van der Waals surface area contributed by atoms with Crippen LogP contribution in [0.1, 0.15) is 50.8 Å². The number of nitrogens with zero attached hydrogens (tertiary/aromatic N) is 2. The minimum atomic E-state index is -0.108. The zero-order chi connectivity index (χ0) is 16.8. The Hall–Kier alpha value is -1.56. The van der Waals surface area contributed by atoms with Crippen molar-refractivity contribution in [2.45, 2.75) is 65.1 Å². The summed E-state index contributed by atoms with van der Waals surface area (Å²) in [5, 5.41) is 10.2. The van der Waals surface area contributed by atoms with Crippen LogP contribution in [0, 0.1) is 12.8 Å². The van der Waals surface area contributed by atoms with E-state index in [0.29, 0.717) is 12.5 Å². The molecule has 1 fully saturated rings. The lowest BCUT2D eigenvalue weighted by Crippen LogP contribution is -2.47. The zero-order valence-electron chi connectivity index (χ0n) is 14.8. The van der Waals surface area contributed by atoms with Gasteiger partial charge in [-0.05, 0) is 25.7 Å². The Morgan fingerprint density at radius 1 is 1.48 bits per heavy atom. The molecule has 1 aliphatic rings. The minimum absolute atomic E-state index is 0.108. The molecular weight excluding hydrogens is 292 g/mol. The van der Waals surface area contributed by atoms with Gasteiger partial charge in [-0.1, -0.05) is 26.7 Å². The largest absolute Gasteiger partial charge is 0.378 e. The Morgan fingerprint density at radius 3 is 2.83 bits per heavy atom. The van der Waals surface area contributed by atoms with E-state index < -0.39 is 0 Å². The van der Waals surface area contributed by atoms with Crippen molar-refractivity contribution < 1.29 is 9.53 Å². The minimum Gasteiger partial charge on any atom is -0.378 e. The number of nitrogens with one attached hydrogen (secondary N) is 2. The average molecular weight is 322 g/mol. The van der Waals surface area contributed by atoms with Crippen LogP contribution in [0.2, 0.25) is 0 Å². The molecule has 23 heavy (non-hydrogen) atoms. The van der Waals surface area contributed by atoms with Gasteiger partial charge in [0.25, 0.3) is 0 Å². The molecule has 2 rings (SSSR count). The number of aryl methyl sites for hydroxylation is 1. The highest BCUT2D eigenvalue weighted by atomic mass is 16.5. The molecule has 130 valence electrons. The van der Waals surface area contributed by atoms with Gasteiger partial charge in [0, 0.05) is 37.5 Å². The van der Waals surface area contributed by atoms with E-state index in [-0.39, 0.29) is 18.2 Å². The lowest BCUT2D eigenvalue weighted by Gasteiger charge is -2.34. The third-order valence-electron chi connectivity index (χ3n) is 5.00. The first-order valence-electron chi connectivity index (χ1n) is 8.68. The van der Waals surface area contributed by atoms with E-state index in [4.69, 9.17) is 4.74 Å². The van der Waals surface area contributed by atoms with Crippen molar-refractivity contribution in [3.8, 4) is 0 Å². The molecule has 0 saturated carbocycles. The molecular formula is C17H30N4O2. The number of hydrogen-bond acceptors (Lipinski definition) is 3. The Morgan fingerprint density at radius 2 is 2.22 bits per heavy atom. The average Bonchev–Trinajstić information content (AvgIpc) is 2.86. The van der Waals surface area contributed by atoms with E-state index in [9.17, 15) is 4.79 Å². The lowest BCUT2D eigenvalue weighted by molar-refractivity contribution is -0.0331. The predicted molar refractivity (Wildman–Crippen MR) is 90.2 cm³/mol. The van der Waals surface area contributed by atoms with Crippen molar-refractivity contribution in [1.82, 2.24) is 20.4 Å². The van der Waals surface area contributed by atoms with Crippen LogP contribution in [-0.2, 0) is 18.3 Å². The first-order chi connectivity index (χ1) is 11.0. The summed E-state index contributed by atoms with van der Waals surface area (Å²) in [5.41, 5.74) is 2.12. The monoisotopic (exact) mass is 322 g/mol. The van der Waals surface area contributed by atoms with Crippen molar-refractivity contribution in [3.63, 3.8) is 0 Å². The van der Waals surface area contributed by atoms with E-state index >= 15 is 0 Å². The quantitative estimate of drug-likeness (QED) is 0.845. The third-order valence-corrected chi connectivity index (χ3v) is 5.00. The molecule has 2 amide bonds. The smallest absolute Gasteiger partial charge is 0.315 e. The van der Waals surface area contributed by atoms with Gasteiger partial charge >= 0.3 is 6.03 Å². The number of carbonyl (C=O) groups is 1. The summed E-state index contributed by atoms with van der Waals surface area (Å²) in [6.07, 6.45) is 6.11. The van der Waals surface area contributed by atoms with Crippen LogP contribution in [0.15, 0.2) is 6.20 Å². The Labute approximate surface area is 139 Å². The fourth-order valence-electron chi connectivity index (χ4n) is 3.23. The predicted octanol–water partition coefficient (Wildman–Crippen LogP) is 2.51. The fourth-order valence-corrected chi connectivity index (χ4v) is 3.23. The van der Waals surface area contributed by atoms with Gasteiger partial charge in [0.1, 0.15) is 0 Å². The van der Waals surface area contributed by atoms with E-state index in [0.717, 1.165) is 43.5 Å². The number of carbonyl (C=O) groups excluding carboxylic acids is 1. The molecule has 2 atom stereocenters. The summed E-state index contributed by atoms with van der Waals surface area (Å²) in [6, 6.07) is 0.0906. The van der Waals surface area contributed by atoms with E-state index in [1.807, 2.05) is 18.7 Å². The summed E-state index contributed by atoms with van der Waals surface area (Å²) in [7, 11) is 1.90. The van der Waals surface area contributed by atoms with E-state index in [1.165, 1.54) is 0 Å². The molecule has 0 aliphatic carbocycles. The van der Waals surface area contributed by atoms with Gasteiger partial charge in [0.05, 0.1) is 12.3 Å². The molecule has 0 aromatic carbocycles. The zero-order valence-corrected chi connectivity index (χ0v) is 14.8. The summed E-state index contributed by atoms with van der Waals surface area (Å²) < 4.78 is 7.71. The SMILES string of the molecule is CCC(CC)[C@@H]1C[C@@H](NC(=O)NCc2cnn(C)c2C)CCO1. The first-order valence-corrected chi connectivity index (χ1v) is 8.68. The van der Waals surface area contributed by atoms with Gasteiger partial charge in [-0.15, -0.1) is 0 Å². The van der Waals surface area contributed by atoms with Crippen LogP contribution < -0.4 is 10.6 Å². The molecule has 2 heterocycles. The number of aromatic nitrogens is 2. The van der Waals surface area contributed by atoms with Crippen molar-refractivity contribution in [1.29, 1.82) is 0 Å². The van der Waals surface area contributed by atoms with Crippen LogP contribution in [0.5, 0.6) is 0 Å². The maximum absolute atomic E-state index is 12.1. The van der Waals surface area contributed by atoms with Crippen LogP contribution in [0.3, 0.4) is 0 Å². The standard InChI is InChI=1S/C17H30N4O2/c1-5-13(6-2)16-9-15(7-8-23-16)20-17(22)18-10-14-11-19-21(4)12(14)3/h11,13,15-16H,5-10H2,1-4H3,(H2,18,20,22)/t15-,16-/m0/s1. The number of rotatable bonds is 6. The highest BCUT2D eigenvalue weighted by Crippen LogP contribution is 2.25. The molecule has 2 N–H and O–H groups in total. The van der Waals surface area contributed by atoms with Crippen LogP contribution >= 0.6 is 0 Å². The first kappa shape index (κ1) is 17.8. The van der Waals surface area contributed by atoms with Crippen LogP contribution in [0.25, 0.3) is 0 Å².